The molecule has 35 atom stereocenters. The Morgan fingerprint density at radius 1 is 0.534 bits per heavy atom. The van der Waals surface area contributed by atoms with Crippen LogP contribution in [0, 0.1) is 0 Å². The summed E-state index contributed by atoms with van der Waals surface area (Å²) >= 11 is 0. The number of ether oxygens (including phenoxy) is 12. The number of carbonyl (C=O) groups is 3. The first-order valence-electron chi connectivity index (χ1n) is 27.9. The molecule has 6 fully saturated rings. The summed E-state index contributed by atoms with van der Waals surface area (Å²) in [4.78, 5) is 38.5. The van der Waals surface area contributed by atoms with Gasteiger partial charge >= 0.3 is 5.97 Å². The zero-order valence-corrected chi connectivity index (χ0v) is 47.5. The second kappa shape index (κ2) is 31.8. The highest BCUT2D eigenvalue weighted by Crippen LogP contribution is 2.41. The topological polar surface area (TPSA) is 631 Å². The van der Waals surface area contributed by atoms with Crippen LogP contribution in [-0.4, -0.2) is 384 Å². The summed E-state index contributed by atoms with van der Waals surface area (Å²) in [5.74, 6) is -7.39. The zero-order chi connectivity index (χ0) is 65.7. The smallest absolute Gasteiger partial charge is 0.364 e. The minimum Gasteiger partial charge on any atom is -0.477 e. The summed E-state index contributed by atoms with van der Waals surface area (Å²) < 4.78 is 68.4. The van der Waals surface area contributed by atoms with Crippen molar-refractivity contribution in [2.75, 3.05) is 39.6 Å². The van der Waals surface area contributed by atoms with Crippen molar-refractivity contribution in [3.05, 3.63) is 0 Å². The Balaban J connectivity index is 1.24. The molecule has 24 N–H and O–H groups in total. The Morgan fingerprint density at radius 3 is 1.59 bits per heavy atom. The average molecular weight is 1290 g/mol. The van der Waals surface area contributed by atoms with Crippen LogP contribution in [0.1, 0.15) is 34.1 Å². The van der Waals surface area contributed by atoms with E-state index in [4.69, 9.17) is 56.8 Å². The molecule has 39 heteroatoms. The molecule has 0 aliphatic carbocycles. The van der Waals surface area contributed by atoms with E-state index < -0.39 is 278 Å². The van der Waals surface area contributed by atoms with Gasteiger partial charge in [-0.15, -0.1) is 0 Å². The van der Waals surface area contributed by atoms with Crippen molar-refractivity contribution in [2.24, 2.45) is 0 Å². The lowest BCUT2D eigenvalue weighted by Crippen LogP contribution is -2.69. The first kappa shape index (κ1) is 74.1. The van der Waals surface area contributed by atoms with Gasteiger partial charge in [0.1, 0.15) is 153 Å². The van der Waals surface area contributed by atoms with Gasteiger partial charge in [0.2, 0.25) is 11.8 Å². The molecule has 2 amide bonds. The van der Waals surface area contributed by atoms with Crippen molar-refractivity contribution < 1.29 is 184 Å². The van der Waals surface area contributed by atoms with Crippen molar-refractivity contribution in [1.29, 1.82) is 0 Å². The van der Waals surface area contributed by atoms with Gasteiger partial charge in [0, 0.05) is 20.3 Å². The fourth-order valence-electron chi connectivity index (χ4n) is 10.8. The van der Waals surface area contributed by atoms with Gasteiger partial charge in [-0.2, -0.15) is 0 Å². The van der Waals surface area contributed by atoms with Crippen LogP contribution in [0.15, 0.2) is 0 Å². The highest BCUT2D eigenvalue weighted by Gasteiger charge is 2.62. The van der Waals surface area contributed by atoms with Crippen molar-refractivity contribution >= 4 is 17.8 Å². The van der Waals surface area contributed by atoms with Crippen molar-refractivity contribution in [3.63, 3.8) is 0 Å². The van der Waals surface area contributed by atoms with Crippen LogP contribution in [-0.2, 0) is 71.2 Å². The summed E-state index contributed by atoms with van der Waals surface area (Å²) in [6, 6.07) is -3.64. The predicted molar refractivity (Wildman–Crippen MR) is 272 cm³/mol. The molecule has 6 rings (SSSR count). The summed E-state index contributed by atoms with van der Waals surface area (Å²) in [6.45, 7) is -2.39. The zero-order valence-electron chi connectivity index (χ0n) is 47.5. The second-order valence-electron chi connectivity index (χ2n) is 22.2. The summed E-state index contributed by atoms with van der Waals surface area (Å²) in [5, 5.41) is 243. The van der Waals surface area contributed by atoms with Crippen LogP contribution in [0.4, 0.5) is 0 Å². The molecule has 0 aromatic carbocycles. The van der Waals surface area contributed by atoms with Gasteiger partial charge in [0.15, 0.2) is 31.5 Å². The molecule has 6 aliphatic heterocycles. The van der Waals surface area contributed by atoms with E-state index in [-0.39, 0.29) is 0 Å². The Morgan fingerprint density at radius 2 is 1.07 bits per heavy atom. The molecule has 6 aliphatic rings. The minimum absolute atomic E-state index is 0.886. The van der Waals surface area contributed by atoms with E-state index in [1.165, 1.54) is 13.8 Å². The number of nitrogens with one attached hydrogen (secondary N) is 2. The van der Waals surface area contributed by atoms with E-state index in [0.29, 0.717) is 0 Å². The largest absolute Gasteiger partial charge is 0.477 e. The third-order valence-electron chi connectivity index (χ3n) is 15.9. The third-order valence-corrected chi connectivity index (χ3v) is 15.9. The molecule has 0 bridgehead atoms. The van der Waals surface area contributed by atoms with E-state index in [2.05, 4.69) is 10.6 Å². The van der Waals surface area contributed by atoms with Gasteiger partial charge < -0.3 is 180 Å². The maximum atomic E-state index is 13.4. The number of rotatable bonds is 26. The van der Waals surface area contributed by atoms with Gasteiger partial charge in [-0.05, 0) is 13.8 Å². The molecule has 39 nitrogen and oxygen atoms in total. The first-order valence-corrected chi connectivity index (χ1v) is 27.9. The summed E-state index contributed by atoms with van der Waals surface area (Å²) in [6.07, 6.45) is -66.1. The van der Waals surface area contributed by atoms with Crippen molar-refractivity contribution in [1.82, 2.24) is 10.6 Å². The molecule has 0 aromatic rings. The number of hydrogen-bond acceptors (Lipinski definition) is 36. The van der Waals surface area contributed by atoms with Gasteiger partial charge in [-0.25, -0.2) is 4.79 Å². The van der Waals surface area contributed by atoms with Gasteiger partial charge in [-0.3, -0.25) is 9.59 Å². The van der Waals surface area contributed by atoms with Crippen LogP contribution < -0.4 is 10.6 Å². The standard InChI is InChI=1S/C49H84N2O37/c1-12-24(61)32(69)35(72)44(78-12)80-19-5-49(48(75)76,87-40(29(19)66)26(63)17(59)7-53)88-41-30(67)21(9-55)81-46(37(41)74)84-38(16(6-52)50-14(3)57)27(64)18(60)11-77-43-23(51-15(4)58)31(68)39(22(10-56)83-43)85-47-42(34(71)28(65)20(8-54)82-47)86-45-36(73)33(70)25(62)13(2)79-45/h12-13,16-47,52-56,59-74H,5-11H2,1-4H3,(H,50,57)(H,51,58)(H,75,76)/t12-,13-,16-,17+,18+,19-,20+,21+,22+,23+,24+,25+,26+,27-,28-,29+,30-,31+,32+,33+,34-,35-,36-,37+,38+,39+,40-,41-,42+,43+,44-,45-,46-,47-,49-/m0/s1. The number of carboxylic acids is 1. The highest BCUT2D eigenvalue weighted by molar-refractivity contribution is 5.76. The molecule has 6 heterocycles. The Hall–Kier alpha value is -2.91. The lowest BCUT2D eigenvalue weighted by molar-refractivity contribution is -0.392. The van der Waals surface area contributed by atoms with Crippen LogP contribution in [0.25, 0.3) is 0 Å². The number of aliphatic hydroxyl groups is 21. The molecule has 0 spiro atoms. The number of carboxylic acid groups (broad SMARTS) is 1. The normalized spacial score (nSPS) is 45.5. The molecule has 88 heavy (non-hydrogen) atoms. The van der Waals surface area contributed by atoms with E-state index in [0.717, 1.165) is 13.8 Å². The summed E-state index contributed by atoms with van der Waals surface area (Å²) in [7, 11) is 0. The quantitative estimate of drug-likeness (QED) is 0.0382. The van der Waals surface area contributed by atoms with E-state index >= 15 is 0 Å². The van der Waals surface area contributed by atoms with Gasteiger partial charge in [-0.1, -0.05) is 0 Å². The van der Waals surface area contributed by atoms with Crippen molar-refractivity contribution in [3.8, 4) is 0 Å². The number of aliphatic hydroxyl groups excluding tert-OH is 21. The maximum absolute atomic E-state index is 13.4. The Labute approximate surface area is 499 Å². The van der Waals surface area contributed by atoms with Crippen LogP contribution in [0.3, 0.4) is 0 Å². The highest BCUT2D eigenvalue weighted by atomic mass is 16.8. The van der Waals surface area contributed by atoms with E-state index in [9.17, 15) is 127 Å². The van der Waals surface area contributed by atoms with Crippen LogP contribution >= 0.6 is 0 Å². The maximum Gasteiger partial charge on any atom is 0.364 e. The number of aliphatic carboxylic acids is 1. The Bertz CT molecular complexity index is 2200. The molecule has 0 saturated carbocycles. The number of hydrogen-bond donors (Lipinski definition) is 24. The lowest BCUT2D eigenvalue weighted by atomic mass is 9.89. The molecule has 6 saturated heterocycles. The SMILES string of the molecule is CC(=O)N[C@H]1[C@H](OC[C@@H](O)[C@H](O)[C@H](O[C@@H]2O[C@H](CO)[C@H](O)[C@H](O[C@]3(C(=O)O)C[C@H](O[C@@H]4O[C@@H](C)[C@@H](O)[C@@H](O)[C@@H]4O)[C@@H](O)[C@H]([C@H](O)[C@H](O)CO)O3)[C@H]2O)[C@H](CO)NC(C)=O)O[C@H](CO)[C@@H](O[C@@H]2O[C@H](CO)[C@H](O)[C@H](O)[C@H]2O[C@@H]2O[C@@H](C)[C@@H](O)[C@@H](O)[C@@H]2O)[C@@H]1O. The van der Waals surface area contributed by atoms with Crippen molar-refractivity contribution in [2.45, 2.75) is 248 Å². The fraction of sp³-hybridized carbons (Fsp3) is 0.939. The molecule has 0 radical (unpaired) electrons. The third kappa shape index (κ3) is 16.3. The van der Waals surface area contributed by atoms with E-state index in [1.54, 1.807) is 0 Å². The van der Waals surface area contributed by atoms with Gasteiger partial charge in [0.25, 0.3) is 5.79 Å². The van der Waals surface area contributed by atoms with Crippen LogP contribution in [0.5, 0.6) is 0 Å². The average Bonchev–Trinajstić information content (AvgIpc) is 1.19. The number of carbonyl (C=O) groups excluding carboxylic acids is 2. The predicted octanol–water partition coefficient (Wildman–Crippen LogP) is -15.1. The molecular formula is C49H84N2O37. The first-order chi connectivity index (χ1) is 41.3. The molecule has 0 aromatic heterocycles. The monoisotopic (exact) mass is 1290 g/mol. The molecular weight excluding hydrogens is 1210 g/mol. The summed E-state index contributed by atoms with van der Waals surface area (Å²) in [5.41, 5.74) is 0. The molecule has 0 unspecified atom stereocenters. The lowest BCUT2D eigenvalue weighted by Gasteiger charge is -2.51. The minimum atomic E-state index is -3.38. The fourth-order valence-corrected chi connectivity index (χ4v) is 10.8. The van der Waals surface area contributed by atoms with E-state index in [1.807, 2.05) is 0 Å². The van der Waals surface area contributed by atoms with Crippen LogP contribution in [0.2, 0.25) is 0 Å². The number of amides is 2. The Kier molecular flexibility index (Phi) is 26.8. The van der Waals surface area contributed by atoms with Gasteiger partial charge in [0.05, 0.1) is 64.0 Å². The second-order valence-corrected chi connectivity index (χ2v) is 22.2. The molecule has 512 valence electrons.